The van der Waals surface area contributed by atoms with Crippen molar-refractivity contribution in [2.75, 3.05) is 0 Å². The normalized spacial score (nSPS) is 11.3. The summed E-state index contributed by atoms with van der Waals surface area (Å²) in [6.45, 7) is 0. The minimum atomic E-state index is 0.762. The Morgan fingerprint density at radius 2 is 1.11 bits per heavy atom. The van der Waals surface area contributed by atoms with Crippen LogP contribution in [0, 0.1) is 0 Å². The molecule has 0 unspecified atom stereocenters. The molecule has 0 aromatic heterocycles. The van der Waals surface area contributed by atoms with E-state index in [2.05, 4.69) is 78.9 Å². The smallest absolute Gasteiger partial charge is 0.0400 e. The van der Waals surface area contributed by atoms with Gasteiger partial charge in [0.15, 0.2) is 0 Å². The Labute approximate surface area is 160 Å². The van der Waals surface area contributed by atoms with Gasteiger partial charge in [-0.2, -0.15) is 0 Å². The number of nitrogens with two attached hydrogens (primary N) is 1. The van der Waals surface area contributed by atoms with Gasteiger partial charge in [-0.3, -0.25) is 0 Å². The van der Waals surface area contributed by atoms with Gasteiger partial charge >= 0.3 is 0 Å². The molecule has 0 saturated carbocycles. The molecular formula is C26H21N. The summed E-state index contributed by atoms with van der Waals surface area (Å²) < 4.78 is 0. The Morgan fingerprint density at radius 1 is 0.556 bits per heavy atom. The third-order valence-electron chi connectivity index (χ3n) is 4.64. The molecule has 0 aliphatic heterocycles. The van der Waals surface area contributed by atoms with E-state index in [1.54, 1.807) is 0 Å². The molecule has 0 spiro atoms. The third-order valence-corrected chi connectivity index (χ3v) is 4.64. The van der Waals surface area contributed by atoms with Crippen molar-refractivity contribution < 1.29 is 0 Å². The highest BCUT2D eigenvalue weighted by atomic mass is 14.6. The Balaban J connectivity index is 1.93. The molecule has 0 bridgehead atoms. The van der Waals surface area contributed by atoms with E-state index in [4.69, 9.17) is 5.73 Å². The van der Waals surface area contributed by atoms with E-state index >= 15 is 0 Å². The van der Waals surface area contributed by atoms with Gasteiger partial charge in [-0.05, 0) is 33.9 Å². The van der Waals surface area contributed by atoms with E-state index in [1.165, 1.54) is 11.1 Å². The number of hydrogen-bond donors (Lipinski definition) is 1. The van der Waals surface area contributed by atoms with Crippen molar-refractivity contribution in [3.05, 3.63) is 120 Å². The van der Waals surface area contributed by atoms with E-state index in [0.717, 1.165) is 28.0 Å². The van der Waals surface area contributed by atoms with E-state index < -0.39 is 0 Å². The summed E-state index contributed by atoms with van der Waals surface area (Å²) in [5, 5.41) is 0. The third kappa shape index (κ3) is 3.68. The van der Waals surface area contributed by atoms with Gasteiger partial charge in [-0.1, -0.05) is 109 Å². The highest BCUT2D eigenvalue weighted by Crippen LogP contribution is 2.37. The second-order valence-corrected chi connectivity index (χ2v) is 6.47. The molecular weight excluding hydrogens is 326 g/mol. The molecule has 0 saturated heterocycles. The largest absolute Gasteiger partial charge is 0.398 e. The van der Waals surface area contributed by atoms with Crippen molar-refractivity contribution in [1.82, 2.24) is 0 Å². The lowest BCUT2D eigenvalue weighted by atomic mass is 9.89. The summed E-state index contributed by atoms with van der Waals surface area (Å²) in [5.74, 6) is 0. The molecule has 0 aliphatic rings. The van der Waals surface area contributed by atoms with Crippen molar-refractivity contribution in [1.29, 1.82) is 0 Å². The van der Waals surface area contributed by atoms with Crippen molar-refractivity contribution in [3.8, 4) is 22.3 Å². The molecule has 1 heteroatoms. The molecule has 0 atom stereocenters. The topological polar surface area (TPSA) is 26.0 Å². The van der Waals surface area contributed by atoms with E-state index in [-0.39, 0.29) is 0 Å². The first-order chi connectivity index (χ1) is 13.3. The van der Waals surface area contributed by atoms with Gasteiger partial charge < -0.3 is 5.73 Å². The molecule has 1 nitrogen and oxygen atoms in total. The highest BCUT2D eigenvalue weighted by molar-refractivity contribution is 5.95. The minimum absolute atomic E-state index is 0.762. The van der Waals surface area contributed by atoms with Crippen molar-refractivity contribution in [2.24, 2.45) is 5.73 Å². The van der Waals surface area contributed by atoms with E-state index in [0.29, 0.717) is 0 Å². The molecule has 0 amide bonds. The summed E-state index contributed by atoms with van der Waals surface area (Å²) in [5.41, 5.74) is 14.2. The summed E-state index contributed by atoms with van der Waals surface area (Å²) in [4.78, 5) is 0. The lowest BCUT2D eigenvalue weighted by molar-refractivity contribution is 1.50. The first kappa shape index (κ1) is 16.9. The summed E-state index contributed by atoms with van der Waals surface area (Å²) >= 11 is 0. The standard InChI is InChI=1S/C26H21N/c27-25(19-20-11-4-1-5-12-20)24-18-10-17-23(21-13-6-2-7-14-21)26(24)22-15-8-3-9-16-22/h1-19H,27H2. The maximum absolute atomic E-state index is 6.57. The van der Waals surface area contributed by atoms with Crippen molar-refractivity contribution >= 4 is 11.8 Å². The molecule has 0 heterocycles. The number of hydrogen-bond acceptors (Lipinski definition) is 1. The summed E-state index contributed by atoms with van der Waals surface area (Å²) in [6.07, 6.45) is 2.04. The van der Waals surface area contributed by atoms with Crippen LogP contribution in [0.1, 0.15) is 11.1 Å². The molecule has 130 valence electrons. The van der Waals surface area contributed by atoms with Crippen LogP contribution in [-0.4, -0.2) is 0 Å². The molecule has 0 aliphatic carbocycles. The van der Waals surface area contributed by atoms with Crippen molar-refractivity contribution in [2.45, 2.75) is 0 Å². The first-order valence-electron chi connectivity index (χ1n) is 9.09. The Hall–Kier alpha value is -3.58. The lowest BCUT2D eigenvalue weighted by Gasteiger charge is -2.16. The molecule has 4 aromatic carbocycles. The molecule has 4 rings (SSSR count). The fourth-order valence-electron chi connectivity index (χ4n) is 3.37. The Bertz CT molecular complexity index is 1050. The quantitative estimate of drug-likeness (QED) is 0.420. The predicted octanol–water partition coefficient (Wildman–Crippen LogP) is 6.48. The first-order valence-corrected chi connectivity index (χ1v) is 9.09. The maximum atomic E-state index is 6.57. The van der Waals surface area contributed by atoms with Crippen LogP contribution in [0.25, 0.3) is 34.0 Å². The average Bonchev–Trinajstić information content (AvgIpc) is 2.75. The maximum Gasteiger partial charge on any atom is 0.0400 e. The predicted molar refractivity (Wildman–Crippen MR) is 116 cm³/mol. The Kier molecular flexibility index (Phi) is 4.84. The monoisotopic (exact) mass is 347 g/mol. The van der Waals surface area contributed by atoms with Crippen LogP contribution in [-0.2, 0) is 0 Å². The van der Waals surface area contributed by atoms with Crippen LogP contribution in [0.2, 0.25) is 0 Å². The zero-order valence-corrected chi connectivity index (χ0v) is 15.0. The van der Waals surface area contributed by atoms with Gasteiger partial charge in [0, 0.05) is 11.3 Å². The van der Waals surface area contributed by atoms with E-state index in [9.17, 15) is 0 Å². The van der Waals surface area contributed by atoms with Gasteiger partial charge in [0.1, 0.15) is 0 Å². The van der Waals surface area contributed by atoms with Crippen molar-refractivity contribution in [3.63, 3.8) is 0 Å². The van der Waals surface area contributed by atoms with Gasteiger partial charge in [0.2, 0.25) is 0 Å². The highest BCUT2D eigenvalue weighted by Gasteiger charge is 2.13. The number of benzene rings is 4. The minimum Gasteiger partial charge on any atom is -0.398 e. The summed E-state index contributed by atoms with van der Waals surface area (Å²) in [6, 6.07) is 37.5. The van der Waals surface area contributed by atoms with Gasteiger partial charge in [-0.25, -0.2) is 0 Å². The van der Waals surface area contributed by atoms with Crippen LogP contribution in [0.5, 0.6) is 0 Å². The molecule has 2 N–H and O–H groups in total. The summed E-state index contributed by atoms with van der Waals surface area (Å²) in [7, 11) is 0. The van der Waals surface area contributed by atoms with Crippen LogP contribution in [0.3, 0.4) is 0 Å². The van der Waals surface area contributed by atoms with Crippen LogP contribution in [0.15, 0.2) is 109 Å². The SMILES string of the molecule is NC(=Cc1ccccc1)c1cccc(-c2ccccc2)c1-c1ccccc1. The number of rotatable bonds is 4. The van der Waals surface area contributed by atoms with Gasteiger partial charge in [0.05, 0.1) is 0 Å². The zero-order chi connectivity index (χ0) is 18.5. The van der Waals surface area contributed by atoms with E-state index in [1.807, 2.05) is 36.4 Å². The molecule has 0 fully saturated rings. The lowest BCUT2D eigenvalue weighted by Crippen LogP contribution is -2.00. The molecule has 0 radical (unpaired) electrons. The Morgan fingerprint density at radius 3 is 1.74 bits per heavy atom. The van der Waals surface area contributed by atoms with Gasteiger partial charge in [0.25, 0.3) is 0 Å². The molecule has 27 heavy (non-hydrogen) atoms. The van der Waals surface area contributed by atoms with Crippen LogP contribution in [0.4, 0.5) is 0 Å². The fourth-order valence-corrected chi connectivity index (χ4v) is 3.37. The molecule has 4 aromatic rings. The van der Waals surface area contributed by atoms with Gasteiger partial charge in [-0.15, -0.1) is 0 Å². The second kappa shape index (κ2) is 7.76. The van der Waals surface area contributed by atoms with Crippen LogP contribution < -0.4 is 5.73 Å². The average molecular weight is 347 g/mol. The second-order valence-electron chi connectivity index (χ2n) is 6.47. The van der Waals surface area contributed by atoms with Crippen LogP contribution >= 0.6 is 0 Å². The fraction of sp³-hybridized carbons (Fsp3) is 0. The zero-order valence-electron chi connectivity index (χ0n) is 15.0.